The molecule has 1 nitrogen and oxygen atoms in total. The molecule has 0 amide bonds. The molecule has 33 heavy (non-hydrogen) atoms. The van der Waals surface area contributed by atoms with Gasteiger partial charge in [0.1, 0.15) is 5.38 Å². The minimum absolute atomic E-state index is 0.131. The lowest BCUT2D eigenvalue weighted by Crippen LogP contribution is -2.20. The Hall–Kier alpha value is -3.39. The summed E-state index contributed by atoms with van der Waals surface area (Å²) in [6, 6.07) is 26.1. The Balaban J connectivity index is 1.68. The van der Waals surface area contributed by atoms with Gasteiger partial charge in [-0.3, -0.25) is 4.79 Å². The highest BCUT2D eigenvalue weighted by atomic mass is 35.5. The lowest BCUT2D eigenvalue weighted by molar-refractivity contribution is 0.0997. The second-order valence-electron chi connectivity index (χ2n) is 9.06. The largest absolute Gasteiger partial charge is 0.292 e. The predicted molar refractivity (Wildman–Crippen MR) is 142 cm³/mol. The number of allylic oxidation sites excluding steroid dienone is 1. The van der Waals surface area contributed by atoms with Crippen LogP contribution in [0.4, 0.5) is 0 Å². The van der Waals surface area contributed by atoms with Crippen molar-refractivity contribution in [2.75, 3.05) is 0 Å². The van der Waals surface area contributed by atoms with Crippen LogP contribution >= 0.6 is 23.2 Å². The number of ketones is 1. The molecule has 7 aromatic carbocycles. The quantitative estimate of drug-likeness (QED) is 0.125. The van der Waals surface area contributed by atoms with Crippen LogP contribution in [0.1, 0.15) is 15.9 Å². The van der Waals surface area contributed by atoms with Crippen molar-refractivity contribution in [2.45, 2.75) is 5.38 Å². The molecule has 0 fully saturated rings. The van der Waals surface area contributed by atoms with Gasteiger partial charge in [0, 0.05) is 10.6 Å². The minimum Gasteiger partial charge on any atom is -0.292 e. The number of benzene rings is 7. The van der Waals surface area contributed by atoms with E-state index in [0.29, 0.717) is 10.6 Å². The lowest BCUT2D eigenvalue weighted by atomic mass is 9.82. The summed E-state index contributed by atoms with van der Waals surface area (Å²) in [5.41, 5.74) is 1.52. The maximum absolute atomic E-state index is 13.0. The second-order valence-corrected chi connectivity index (χ2v) is 9.94. The molecule has 0 bridgehead atoms. The summed E-state index contributed by atoms with van der Waals surface area (Å²) in [4.78, 5) is 13.0. The molecular formula is C30H14Cl2O. The number of alkyl halides is 1. The number of rotatable bonds is 0. The number of Topliss-reactive ketones (excluding diaryl/α,β-unsaturated/α-hetero) is 1. The standard InChI is InChI=1S/C30H14Cl2O/c31-24-13-20-22-11-18-7-5-15-9-14-3-1-2-4-19(14)21-10-17-8-6-16(12-23(20)30(33)29(24)32)26(22)28(17)27(18)25(15)21/h1-13,29H. The number of hydrogen-bond donors (Lipinski definition) is 0. The highest BCUT2D eigenvalue weighted by molar-refractivity contribution is 6.48. The molecule has 1 aliphatic carbocycles. The number of halogens is 2. The molecule has 154 valence electrons. The molecule has 3 heteroatoms. The van der Waals surface area contributed by atoms with E-state index in [0.717, 1.165) is 16.3 Å². The van der Waals surface area contributed by atoms with Crippen molar-refractivity contribution in [1.82, 2.24) is 0 Å². The summed E-state index contributed by atoms with van der Waals surface area (Å²) in [5.74, 6) is -0.131. The van der Waals surface area contributed by atoms with Crippen molar-refractivity contribution in [3.8, 4) is 0 Å². The fraction of sp³-hybridized carbons (Fsp3) is 0.0333. The molecule has 1 aliphatic rings. The summed E-state index contributed by atoms with van der Waals surface area (Å²) in [6.07, 6.45) is 1.87. The first kappa shape index (κ1) is 18.1. The maximum Gasteiger partial charge on any atom is 0.186 e. The molecule has 0 radical (unpaired) electrons. The van der Waals surface area contributed by atoms with E-state index in [2.05, 4.69) is 66.7 Å². The van der Waals surface area contributed by atoms with Crippen LogP contribution in [0.3, 0.4) is 0 Å². The van der Waals surface area contributed by atoms with Crippen molar-refractivity contribution in [2.24, 2.45) is 0 Å². The summed E-state index contributed by atoms with van der Waals surface area (Å²) >= 11 is 12.7. The van der Waals surface area contributed by atoms with Crippen LogP contribution < -0.4 is 0 Å². The molecule has 8 rings (SSSR count). The molecule has 0 N–H and O–H groups in total. The normalized spacial score (nSPS) is 16.7. The fourth-order valence-electron chi connectivity index (χ4n) is 6.00. The van der Waals surface area contributed by atoms with Crippen LogP contribution in [0, 0.1) is 0 Å². The SMILES string of the molecule is O=C1c2cc3ccc4cc5c6ccccc6cc6ccc7cc(c2C=C(Cl)C1Cl)c3c4c7c65. The monoisotopic (exact) mass is 460 g/mol. The van der Waals surface area contributed by atoms with Gasteiger partial charge < -0.3 is 0 Å². The van der Waals surface area contributed by atoms with Crippen LogP contribution in [-0.4, -0.2) is 11.2 Å². The Morgan fingerprint density at radius 3 is 1.97 bits per heavy atom. The topological polar surface area (TPSA) is 17.1 Å². The fourth-order valence-corrected chi connectivity index (χ4v) is 6.39. The maximum atomic E-state index is 13.0. The summed E-state index contributed by atoms with van der Waals surface area (Å²) in [6.45, 7) is 0. The van der Waals surface area contributed by atoms with Crippen LogP contribution in [0.5, 0.6) is 0 Å². The van der Waals surface area contributed by atoms with E-state index in [1.165, 1.54) is 53.9 Å². The average Bonchev–Trinajstić information content (AvgIpc) is 2.84. The third-order valence-electron chi connectivity index (χ3n) is 7.39. The van der Waals surface area contributed by atoms with Crippen LogP contribution in [0.2, 0.25) is 0 Å². The summed E-state index contributed by atoms with van der Waals surface area (Å²) in [5, 5.41) is 14.1. The van der Waals surface area contributed by atoms with Gasteiger partial charge in [0.05, 0.1) is 0 Å². The number of hydrogen-bond acceptors (Lipinski definition) is 1. The Bertz CT molecular complexity index is 2010. The van der Waals surface area contributed by atoms with E-state index in [1.807, 2.05) is 12.1 Å². The predicted octanol–water partition coefficient (Wildman–Crippen LogP) is 8.86. The Kier molecular flexibility index (Phi) is 3.25. The van der Waals surface area contributed by atoms with Crippen LogP contribution in [0.15, 0.2) is 77.8 Å². The first-order valence-corrected chi connectivity index (χ1v) is 11.8. The summed E-state index contributed by atoms with van der Waals surface area (Å²) in [7, 11) is 0. The zero-order chi connectivity index (χ0) is 22.0. The molecule has 0 spiro atoms. The molecule has 7 aromatic rings. The molecule has 1 unspecified atom stereocenters. The van der Waals surface area contributed by atoms with Gasteiger partial charge >= 0.3 is 0 Å². The van der Waals surface area contributed by atoms with E-state index in [4.69, 9.17) is 23.2 Å². The van der Waals surface area contributed by atoms with Gasteiger partial charge in [0.25, 0.3) is 0 Å². The Labute approximate surface area is 198 Å². The molecule has 0 saturated heterocycles. The molecular weight excluding hydrogens is 447 g/mol. The second kappa shape index (κ2) is 5.94. The number of carbonyl (C=O) groups excluding carboxylic acids is 1. The third kappa shape index (κ3) is 2.13. The molecule has 1 atom stereocenters. The van der Waals surface area contributed by atoms with Crippen molar-refractivity contribution < 1.29 is 4.79 Å². The van der Waals surface area contributed by atoms with Crippen molar-refractivity contribution in [3.63, 3.8) is 0 Å². The molecule has 0 heterocycles. The smallest absolute Gasteiger partial charge is 0.186 e. The molecule has 0 aliphatic heterocycles. The Morgan fingerprint density at radius 2 is 1.21 bits per heavy atom. The van der Waals surface area contributed by atoms with Crippen molar-refractivity contribution in [3.05, 3.63) is 89.0 Å². The zero-order valence-corrected chi connectivity index (χ0v) is 18.8. The zero-order valence-electron chi connectivity index (χ0n) is 17.2. The van der Waals surface area contributed by atoms with Gasteiger partial charge in [-0.25, -0.2) is 0 Å². The summed E-state index contributed by atoms with van der Waals surface area (Å²) < 4.78 is 0. The van der Waals surface area contributed by atoms with Crippen LogP contribution in [0.25, 0.3) is 70.7 Å². The van der Waals surface area contributed by atoms with Crippen LogP contribution in [-0.2, 0) is 0 Å². The van der Waals surface area contributed by atoms with Gasteiger partial charge in [-0.2, -0.15) is 0 Å². The Morgan fingerprint density at radius 1 is 0.606 bits per heavy atom. The lowest BCUT2D eigenvalue weighted by Gasteiger charge is -2.23. The highest BCUT2D eigenvalue weighted by Crippen LogP contribution is 2.47. The third-order valence-corrected chi connectivity index (χ3v) is 8.26. The van der Waals surface area contributed by atoms with Gasteiger partial charge in [0.15, 0.2) is 5.78 Å². The van der Waals surface area contributed by atoms with Crippen molar-refractivity contribution in [1.29, 1.82) is 0 Å². The van der Waals surface area contributed by atoms with Gasteiger partial charge in [-0.05, 0) is 101 Å². The van der Waals surface area contributed by atoms with Gasteiger partial charge in [-0.15, -0.1) is 11.6 Å². The number of fused-ring (bicyclic) bond motifs is 4. The van der Waals surface area contributed by atoms with Crippen molar-refractivity contribution >= 4 is 99.7 Å². The average molecular weight is 461 g/mol. The highest BCUT2D eigenvalue weighted by Gasteiger charge is 2.30. The van der Waals surface area contributed by atoms with E-state index in [-0.39, 0.29) is 5.78 Å². The van der Waals surface area contributed by atoms with E-state index in [1.54, 1.807) is 0 Å². The minimum atomic E-state index is -0.814. The van der Waals surface area contributed by atoms with E-state index >= 15 is 0 Å². The first-order valence-electron chi connectivity index (χ1n) is 11.0. The van der Waals surface area contributed by atoms with E-state index < -0.39 is 5.38 Å². The van der Waals surface area contributed by atoms with E-state index in [9.17, 15) is 4.79 Å². The van der Waals surface area contributed by atoms with Gasteiger partial charge in [-0.1, -0.05) is 60.1 Å². The molecule has 0 aromatic heterocycles. The van der Waals surface area contributed by atoms with Gasteiger partial charge in [0.2, 0.25) is 0 Å². The number of carbonyl (C=O) groups is 1. The first-order chi connectivity index (χ1) is 16.1. The molecule has 0 saturated carbocycles.